The highest BCUT2D eigenvalue weighted by Crippen LogP contribution is 2.27. The quantitative estimate of drug-likeness (QED) is 0.845. The van der Waals surface area contributed by atoms with Crippen molar-refractivity contribution in [1.29, 1.82) is 0 Å². The third-order valence-electron chi connectivity index (χ3n) is 4.05. The van der Waals surface area contributed by atoms with Gasteiger partial charge in [0.2, 0.25) is 0 Å². The maximum Gasteiger partial charge on any atom is 0.253 e. The summed E-state index contributed by atoms with van der Waals surface area (Å²) in [6.45, 7) is 5.64. The summed E-state index contributed by atoms with van der Waals surface area (Å²) in [6.07, 6.45) is 2.82. The van der Waals surface area contributed by atoms with Crippen LogP contribution in [0, 0.1) is 13.8 Å². The first-order valence-corrected chi connectivity index (χ1v) is 7.42. The molecule has 0 spiro atoms. The Morgan fingerprint density at radius 3 is 2.62 bits per heavy atom. The van der Waals surface area contributed by atoms with E-state index in [9.17, 15) is 4.79 Å². The van der Waals surface area contributed by atoms with Gasteiger partial charge in [-0.25, -0.2) is 0 Å². The number of rotatable bonds is 2. The van der Waals surface area contributed by atoms with Crippen LogP contribution < -0.4 is 0 Å². The van der Waals surface area contributed by atoms with Crippen LogP contribution in [0.15, 0.2) is 42.6 Å². The van der Waals surface area contributed by atoms with Gasteiger partial charge in [0.05, 0.1) is 0 Å². The van der Waals surface area contributed by atoms with Gasteiger partial charge in [-0.1, -0.05) is 23.3 Å². The third kappa shape index (κ3) is 2.97. The predicted octanol–water partition coefficient (Wildman–Crippen LogP) is 3.33. The Morgan fingerprint density at radius 2 is 1.95 bits per heavy atom. The van der Waals surface area contributed by atoms with Gasteiger partial charge in [0.1, 0.15) is 0 Å². The molecule has 1 unspecified atom stereocenters. The molecular weight excluding hydrogens is 260 g/mol. The van der Waals surface area contributed by atoms with Gasteiger partial charge in [-0.3, -0.25) is 9.78 Å². The van der Waals surface area contributed by atoms with Crippen LogP contribution in [0.2, 0.25) is 0 Å². The summed E-state index contributed by atoms with van der Waals surface area (Å²) in [4.78, 5) is 19.0. The molecule has 0 radical (unpaired) electrons. The van der Waals surface area contributed by atoms with Crippen molar-refractivity contribution in [1.82, 2.24) is 9.88 Å². The fraction of sp³-hybridized carbons (Fsp3) is 0.333. The molecule has 0 aliphatic carbocycles. The normalized spacial score (nSPS) is 18.0. The van der Waals surface area contributed by atoms with Crippen molar-refractivity contribution in [3.8, 4) is 0 Å². The van der Waals surface area contributed by atoms with E-state index in [0.29, 0.717) is 5.92 Å². The molecule has 1 aromatic carbocycles. The van der Waals surface area contributed by atoms with E-state index in [-0.39, 0.29) is 5.91 Å². The first-order valence-electron chi connectivity index (χ1n) is 7.42. The maximum atomic E-state index is 12.6. The summed E-state index contributed by atoms with van der Waals surface area (Å²) < 4.78 is 0. The maximum absolute atomic E-state index is 12.6. The number of amides is 1. The van der Waals surface area contributed by atoms with Crippen molar-refractivity contribution in [3.63, 3.8) is 0 Å². The first kappa shape index (κ1) is 13.8. The van der Waals surface area contributed by atoms with Crippen molar-refractivity contribution in [2.45, 2.75) is 26.2 Å². The number of aromatic nitrogens is 1. The molecule has 1 aliphatic heterocycles. The van der Waals surface area contributed by atoms with Crippen molar-refractivity contribution < 1.29 is 4.79 Å². The van der Waals surface area contributed by atoms with Gasteiger partial charge < -0.3 is 4.90 Å². The highest BCUT2D eigenvalue weighted by atomic mass is 16.2. The number of carbonyl (C=O) groups is 1. The zero-order valence-corrected chi connectivity index (χ0v) is 12.5. The smallest absolute Gasteiger partial charge is 0.253 e. The van der Waals surface area contributed by atoms with Crippen LogP contribution >= 0.6 is 0 Å². The molecule has 3 nitrogen and oxygen atoms in total. The summed E-state index contributed by atoms with van der Waals surface area (Å²) >= 11 is 0. The molecule has 1 atom stereocenters. The SMILES string of the molecule is Cc1cc(C)cc(C(=O)N2CCC(c3ccccn3)C2)c1. The van der Waals surface area contributed by atoms with Gasteiger partial charge >= 0.3 is 0 Å². The van der Waals surface area contributed by atoms with E-state index >= 15 is 0 Å². The average molecular weight is 280 g/mol. The minimum Gasteiger partial charge on any atom is -0.338 e. The van der Waals surface area contributed by atoms with Crippen LogP contribution in [0.3, 0.4) is 0 Å². The second-order valence-electron chi connectivity index (χ2n) is 5.87. The number of likely N-dealkylation sites (tertiary alicyclic amines) is 1. The summed E-state index contributed by atoms with van der Waals surface area (Å²) in [6, 6.07) is 12.0. The van der Waals surface area contributed by atoms with E-state index in [1.807, 2.05) is 49.2 Å². The van der Waals surface area contributed by atoms with Crippen molar-refractivity contribution in [2.24, 2.45) is 0 Å². The zero-order chi connectivity index (χ0) is 14.8. The van der Waals surface area contributed by atoms with E-state index in [1.54, 1.807) is 0 Å². The van der Waals surface area contributed by atoms with Gasteiger partial charge in [0, 0.05) is 36.5 Å². The molecule has 1 fully saturated rings. The Bertz CT molecular complexity index is 631. The molecule has 0 saturated carbocycles. The van der Waals surface area contributed by atoms with Crippen LogP contribution in [-0.4, -0.2) is 28.9 Å². The van der Waals surface area contributed by atoms with Crippen LogP contribution in [0.25, 0.3) is 0 Å². The van der Waals surface area contributed by atoms with Crippen molar-refractivity contribution in [2.75, 3.05) is 13.1 Å². The standard InChI is InChI=1S/C18H20N2O/c1-13-9-14(2)11-16(10-13)18(21)20-8-6-15(12-20)17-5-3-4-7-19-17/h3-5,7,9-11,15H,6,8,12H2,1-2H3. The molecule has 3 heteroatoms. The zero-order valence-electron chi connectivity index (χ0n) is 12.5. The molecule has 1 aliphatic rings. The number of hydrogen-bond acceptors (Lipinski definition) is 2. The van der Waals surface area contributed by atoms with Gasteiger partial charge in [-0.05, 0) is 44.5 Å². The number of hydrogen-bond donors (Lipinski definition) is 0. The van der Waals surface area contributed by atoms with Crippen molar-refractivity contribution >= 4 is 5.91 Å². The monoisotopic (exact) mass is 280 g/mol. The molecule has 1 saturated heterocycles. The molecule has 1 aromatic heterocycles. The minimum absolute atomic E-state index is 0.139. The van der Waals surface area contributed by atoms with E-state index in [4.69, 9.17) is 0 Å². The Kier molecular flexibility index (Phi) is 3.74. The summed E-state index contributed by atoms with van der Waals surface area (Å²) in [7, 11) is 0. The second-order valence-corrected chi connectivity index (χ2v) is 5.87. The lowest BCUT2D eigenvalue weighted by Gasteiger charge is -2.17. The van der Waals surface area contributed by atoms with Gasteiger partial charge in [0.15, 0.2) is 0 Å². The van der Waals surface area contributed by atoms with Gasteiger partial charge in [0.25, 0.3) is 5.91 Å². The molecular formula is C18H20N2O. The molecule has 21 heavy (non-hydrogen) atoms. The predicted molar refractivity (Wildman–Crippen MR) is 83.4 cm³/mol. The summed E-state index contributed by atoms with van der Waals surface area (Å²) in [5.74, 6) is 0.501. The third-order valence-corrected chi connectivity index (χ3v) is 4.05. The Hall–Kier alpha value is -2.16. The lowest BCUT2D eigenvalue weighted by Crippen LogP contribution is -2.28. The number of carbonyl (C=O) groups excluding carboxylic acids is 1. The molecule has 2 aromatic rings. The van der Waals surface area contributed by atoms with Crippen molar-refractivity contribution in [3.05, 3.63) is 65.0 Å². The van der Waals surface area contributed by atoms with Crippen LogP contribution in [0.5, 0.6) is 0 Å². The number of benzene rings is 1. The van der Waals surface area contributed by atoms with E-state index < -0.39 is 0 Å². The Labute approximate surface area is 125 Å². The molecule has 2 heterocycles. The van der Waals surface area contributed by atoms with Crippen LogP contribution in [0.1, 0.15) is 39.5 Å². The first-order chi connectivity index (χ1) is 10.1. The highest BCUT2D eigenvalue weighted by molar-refractivity contribution is 5.94. The highest BCUT2D eigenvalue weighted by Gasteiger charge is 2.28. The van der Waals surface area contributed by atoms with Gasteiger partial charge in [-0.2, -0.15) is 0 Å². The van der Waals surface area contributed by atoms with E-state index in [1.165, 1.54) is 0 Å². The largest absolute Gasteiger partial charge is 0.338 e. The number of aryl methyl sites for hydroxylation is 2. The van der Waals surface area contributed by atoms with E-state index in [0.717, 1.165) is 41.9 Å². The molecule has 3 rings (SSSR count). The lowest BCUT2D eigenvalue weighted by atomic mass is 10.0. The summed E-state index contributed by atoms with van der Waals surface area (Å²) in [5, 5.41) is 0. The number of pyridine rings is 1. The van der Waals surface area contributed by atoms with Crippen LogP contribution in [0.4, 0.5) is 0 Å². The fourth-order valence-corrected chi connectivity index (χ4v) is 3.08. The minimum atomic E-state index is 0.139. The fourth-order valence-electron chi connectivity index (χ4n) is 3.08. The average Bonchev–Trinajstić information content (AvgIpc) is 2.96. The molecule has 108 valence electrons. The number of nitrogens with zero attached hydrogens (tertiary/aromatic N) is 2. The summed E-state index contributed by atoms with van der Waals surface area (Å²) in [5.41, 5.74) is 4.17. The topological polar surface area (TPSA) is 33.2 Å². The Morgan fingerprint density at radius 1 is 1.19 bits per heavy atom. The molecule has 1 amide bonds. The van der Waals surface area contributed by atoms with E-state index in [2.05, 4.69) is 17.1 Å². The van der Waals surface area contributed by atoms with Crippen LogP contribution in [-0.2, 0) is 0 Å². The second kappa shape index (κ2) is 5.68. The molecule has 0 bridgehead atoms. The Balaban J connectivity index is 1.75. The molecule has 0 N–H and O–H groups in total. The lowest BCUT2D eigenvalue weighted by molar-refractivity contribution is 0.0790. The van der Waals surface area contributed by atoms with Gasteiger partial charge in [-0.15, -0.1) is 0 Å².